The molecule has 1 N–H and O–H groups in total. The maximum absolute atomic E-state index is 6.05. The van der Waals surface area contributed by atoms with Gasteiger partial charge in [-0.2, -0.15) is 11.8 Å². The zero-order valence-electron chi connectivity index (χ0n) is 11.0. The van der Waals surface area contributed by atoms with Gasteiger partial charge in [-0.15, -0.1) is 11.3 Å². The van der Waals surface area contributed by atoms with Crippen molar-refractivity contribution in [2.45, 2.75) is 37.3 Å². The van der Waals surface area contributed by atoms with Crippen molar-refractivity contribution in [1.29, 1.82) is 0 Å². The van der Waals surface area contributed by atoms with Crippen LogP contribution in [-0.4, -0.2) is 36.3 Å². The fraction of sp³-hybridized carbons (Fsp3) is 0.714. The van der Waals surface area contributed by atoms with Crippen molar-refractivity contribution >= 4 is 34.7 Å². The predicted octanol–water partition coefficient (Wildman–Crippen LogP) is 3.59. The van der Waals surface area contributed by atoms with Crippen LogP contribution in [0.15, 0.2) is 12.1 Å². The second-order valence-electron chi connectivity index (χ2n) is 5.43. The van der Waals surface area contributed by atoms with Crippen LogP contribution in [-0.2, 0) is 11.2 Å². The Morgan fingerprint density at radius 3 is 3.16 bits per heavy atom. The number of rotatable bonds is 4. The number of ether oxygens (including phenoxy) is 1. The standard InChI is InChI=1S/C14H20ClNOS2/c15-13-2-1-12(19-13)3-6-16-11-4-7-17-14(9-11)5-8-18-10-14/h1-2,11,16H,3-10H2. The van der Waals surface area contributed by atoms with E-state index in [2.05, 4.69) is 11.4 Å². The zero-order chi connectivity index (χ0) is 13.1. The van der Waals surface area contributed by atoms with Crippen molar-refractivity contribution < 1.29 is 4.74 Å². The van der Waals surface area contributed by atoms with Gasteiger partial charge in [-0.1, -0.05) is 11.6 Å². The molecule has 1 aromatic rings. The molecule has 1 aromatic heterocycles. The maximum Gasteiger partial charge on any atom is 0.0931 e. The van der Waals surface area contributed by atoms with Gasteiger partial charge in [0.25, 0.3) is 0 Å². The molecule has 1 spiro atoms. The van der Waals surface area contributed by atoms with Crippen LogP contribution in [0.25, 0.3) is 0 Å². The van der Waals surface area contributed by atoms with Crippen molar-refractivity contribution in [3.63, 3.8) is 0 Å². The molecule has 2 aliphatic rings. The summed E-state index contributed by atoms with van der Waals surface area (Å²) >= 11 is 9.68. The van der Waals surface area contributed by atoms with Crippen LogP contribution in [0.5, 0.6) is 0 Å². The Labute approximate surface area is 128 Å². The largest absolute Gasteiger partial charge is 0.374 e. The normalized spacial score (nSPS) is 31.1. The highest BCUT2D eigenvalue weighted by molar-refractivity contribution is 7.99. The molecule has 2 atom stereocenters. The van der Waals surface area contributed by atoms with Gasteiger partial charge in [-0.3, -0.25) is 0 Å². The van der Waals surface area contributed by atoms with Crippen LogP contribution < -0.4 is 5.32 Å². The first kappa shape index (κ1) is 14.2. The summed E-state index contributed by atoms with van der Waals surface area (Å²) in [5.41, 5.74) is 0.187. The van der Waals surface area contributed by atoms with E-state index in [0.29, 0.717) is 6.04 Å². The van der Waals surface area contributed by atoms with Crippen molar-refractivity contribution in [2.24, 2.45) is 0 Å². The van der Waals surface area contributed by atoms with E-state index in [1.165, 1.54) is 29.2 Å². The van der Waals surface area contributed by atoms with E-state index in [1.54, 1.807) is 11.3 Å². The number of thioether (sulfide) groups is 1. The van der Waals surface area contributed by atoms with Crippen LogP contribution in [0, 0.1) is 0 Å². The molecule has 106 valence electrons. The molecule has 2 unspecified atom stereocenters. The van der Waals surface area contributed by atoms with Crippen LogP contribution >= 0.6 is 34.7 Å². The summed E-state index contributed by atoms with van der Waals surface area (Å²) in [6.45, 7) is 1.97. The topological polar surface area (TPSA) is 21.3 Å². The first-order valence-corrected chi connectivity index (χ1v) is 9.30. The molecule has 0 saturated carbocycles. The number of thiophene rings is 1. The van der Waals surface area contributed by atoms with Gasteiger partial charge >= 0.3 is 0 Å². The number of hydrogen-bond donors (Lipinski definition) is 1. The third-order valence-electron chi connectivity index (χ3n) is 3.99. The molecule has 0 amide bonds. The quantitative estimate of drug-likeness (QED) is 0.917. The van der Waals surface area contributed by atoms with Crippen LogP contribution in [0.2, 0.25) is 4.34 Å². The van der Waals surface area contributed by atoms with Crippen molar-refractivity contribution in [2.75, 3.05) is 24.7 Å². The SMILES string of the molecule is Clc1ccc(CCNC2CCOC3(CCSC3)C2)s1. The molecule has 2 aliphatic heterocycles. The van der Waals surface area contributed by atoms with Gasteiger partial charge < -0.3 is 10.1 Å². The van der Waals surface area contributed by atoms with Gasteiger partial charge in [0.1, 0.15) is 0 Å². The Morgan fingerprint density at radius 2 is 2.42 bits per heavy atom. The zero-order valence-corrected chi connectivity index (χ0v) is 13.4. The third kappa shape index (κ3) is 3.67. The lowest BCUT2D eigenvalue weighted by molar-refractivity contribution is -0.0699. The van der Waals surface area contributed by atoms with Gasteiger partial charge in [0, 0.05) is 29.8 Å². The summed E-state index contributed by atoms with van der Waals surface area (Å²) in [6, 6.07) is 4.75. The first-order valence-electron chi connectivity index (χ1n) is 6.95. The van der Waals surface area contributed by atoms with E-state index >= 15 is 0 Å². The lowest BCUT2D eigenvalue weighted by Crippen LogP contribution is -2.47. The average Bonchev–Trinajstić information content (AvgIpc) is 3.00. The Morgan fingerprint density at radius 1 is 1.47 bits per heavy atom. The lowest BCUT2D eigenvalue weighted by Gasteiger charge is -2.38. The van der Waals surface area contributed by atoms with E-state index in [0.717, 1.165) is 30.3 Å². The number of halogens is 1. The molecular weight excluding hydrogens is 298 g/mol. The second-order valence-corrected chi connectivity index (χ2v) is 8.34. The molecule has 0 radical (unpaired) electrons. The molecule has 2 saturated heterocycles. The molecule has 0 aliphatic carbocycles. The Hall–Kier alpha value is 0.260. The first-order chi connectivity index (χ1) is 9.26. The molecule has 3 rings (SSSR count). The Bertz CT molecular complexity index is 417. The molecule has 19 heavy (non-hydrogen) atoms. The van der Waals surface area contributed by atoms with E-state index in [1.807, 2.05) is 17.8 Å². The van der Waals surface area contributed by atoms with Crippen molar-refractivity contribution in [1.82, 2.24) is 5.32 Å². The van der Waals surface area contributed by atoms with Gasteiger partial charge in [0.15, 0.2) is 0 Å². The Kier molecular flexibility index (Phi) is 4.75. The van der Waals surface area contributed by atoms with Gasteiger partial charge in [0.2, 0.25) is 0 Å². The summed E-state index contributed by atoms with van der Waals surface area (Å²) in [5, 5.41) is 3.70. The summed E-state index contributed by atoms with van der Waals surface area (Å²) < 4.78 is 6.94. The van der Waals surface area contributed by atoms with Gasteiger partial charge in [0.05, 0.1) is 9.94 Å². The minimum atomic E-state index is 0.187. The average molecular weight is 318 g/mol. The molecule has 2 fully saturated rings. The second kappa shape index (κ2) is 6.35. The van der Waals surface area contributed by atoms with Crippen molar-refractivity contribution in [3.8, 4) is 0 Å². The van der Waals surface area contributed by atoms with Crippen LogP contribution in [0.3, 0.4) is 0 Å². The van der Waals surface area contributed by atoms with E-state index in [9.17, 15) is 0 Å². The molecule has 5 heteroatoms. The van der Waals surface area contributed by atoms with E-state index in [-0.39, 0.29) is 5.60 Å². The summed E-state index contributed by atoms with van der Waals surface area (Å²) in [4.78, 5) is 1.37. The molecule has 0 bridgehead atoms. The van der Waals surface area contributed by atoms with Gasteiger partial charge in [-0.05, 0) is 43.6 Å². The monoisotopic (exact) mass is 317 g/mol. The fourth-order valence-electron chi connectivity index (χ4n) is 2.95. The third-order valence-corrected chi connectivity index (χ3v) is 6.51. The minimum Gasteiger partial charge on any atom is -0.374 e. The van der Waals surface area contributed by atoms with Gasteiger partial charge in [-0.25, -0.2) is 0 Å². The smallest absolute Gasteiger partial charge is 0.0931 e. The van der Waals surface area contributed by atoms with Crippen molar-refractivity contribution in [3.05, 3.63) is 21.3 Å². The Balaban J connectivity index is 1.45. The summed E-state index contributed by atoms with van der Waals surface area (Å²) in [5.74, 6) is 2.45. The highest BCUT2D eigenvalue weighted by atomic mass is 35.5. The van der Waals surface area contributed by atoms with E-state index in [4.69, 9.17) is 16.3 Å². The van der Waals surface area contributed by atoms with Crippen LogP contribution in [0.1, 0.15) is 24.1 Å². The predicted molar refractivity (Wildman–Crippen MR) is 84.7 cm³/mol. The molecular formula is C14H20ClNOS2. The molecule has 0 aromatic carbocycles. The number of hydrogen-bond acceptors (Lipinski definition) is 4. The minimum absolute atomic E-state index is 0.187. The summed E-state index contributed by atoms with van der Waals surface area (Å²) in [6.07, 6.45) is 4.65. The fourth-order valence-corrected chi connectivity index (χ4v) is 5.42. The maximum atomic E-state index is 6.05. The lowest BCUT2D eigenvalue weighted by atomic mass is 9.90. The highest BCUT2D eigenvalue weighted by Gasteiger charge is 2.40. The molecule has 2 nitrogen and oxygen atoms in total. The molecule has 3 heterocycles. The number of nitrogens with one attached hydrogen (secondary N) is 1. The highest BCUT2D eigenvalue weighted by Crippen LogP contribution is 2.38. The van der Waals surface area contributed by atoms with E-state index < -0.39 is 0 Å². The summed E-state index contributed by atoms with van der Waals surface area (Å²) in [7, 11) is 0. The van der Waals surface area contributed by atoms with Crippen LogP contribution in [0.4, 0.5) is 0 Å².